The summed E-state index contributed by atoms with van der Waals surface area (Å²) >= 11 is 0. The Hall–Kier alpha value is -2.42. The number of amides is 1. The van der Waals surface area contributed by atoms with Gasteiger partial charge in [0.25, 0.3) is 5.91 Å². The first-order valence-electron chi connectivity index (χ1n) is 9.52. The molecular formula is C23H20F3NO2P2. The predicted molar refractivity (Wildman–Crippen MR) is 123 cm³/mol. The Labute approximate surface area is 183 Å². The Morgan fingerprint density at radius 3 is 2.35 bits per heavy atom. The third-order valence-electron chi connectivity index (χ3n) is 5.20. The topological polar surface area (TPSA) is 29.5 Å². The number of benzene rings is 3. The molecular weight excluding hydrogens is 441 g/mol. The van der Waals surface area contributed by atoms with Crippen molar-refractivity contribution in [3.63, 3.8) is 0 Å². The highest BCUT2D eigenvalue weighted by Crippen LogP contribution is 2.42. The van der Waals surface area contributed by atoms with Crippen LogP contribution in [-0.2, 0) is 11.3 Å². The fraction of sp³-hybridized carbons (Fsp3) is 0.174. The molecule has 3 nitrogen and oxygen atoms in total. The monoisotopic (exact) mass is 461 g/mol. The van der Waals surface area contributed by atoms with Crippen LogP contribution in [0.3, 0.4) is 0 Å². The van der Waals surface area contributed by atoms with Crippen molar-refractivity contribution in [1.82, 2.24) is 0 Å². The van der Waals surface area contributed by atoms with Crippen molar-refractivity contribution in [3.05, 3.63) is 71.5 Å². The van der Waals surface area contributed by atoms with E-state index in [1.54, 1.807) is 13.8 Å². The maximum Gasteiger partial charge on any atom is 0.271 e. The molecule has 1 aliphatic rings. The van der Waals surface area contributed by atoms with E-state index in [0.29, 0.717) is 5.69 Å². The standard InChI is InChI=1S/C23H20F3NO2P2/c1-23(2)22(28)27(11-12-6-4-3-5-7-12)16-8-13(14(24)9-17(16)29-23)19-20(26)18(30)10-15(25)21(19)31/h3-10H,11,30-31H2,1-2H3. The molecule has 0 fully saturated rings. The van der Waals surface area contributed by atoms with Crippen molar-refractivity contribution < 1.29 is 22.7 Å². The van der Waals surface area contributed by atoms with E-state index in [-0.39, 0.29) is 39.9 Å². The summed E-state index contributed by atoms with van der Waals surface area (Å²) in [5.41, 5.74) is -0.422. The first-order chi connectivity index (χ1) is 14.6. The highest BCUT2D eigenvalue weighted by Gasteiger charge is 2.41. The Kier molecular flexibility index (Phi) is 5.57. The van der Waals surface area contributed by atoms with E-state index in [1.807, 2.05) is 30.3 Å². The van der Waals surface area contributed by atoms with Crippen LogP contribution in [0.25, 0.3) is 11.1 Å². The molecule has 1 heterocycles. The lowest BCUT2D eigenvalue weighted by Crippen LogP contribution is -2.52. The molecule has 0 bridgehead atoms. The molecule has 4 rings (SSSR count). The van der Waals surface area contributed by atoms with Gasteiger partial charge in [-0.15, -0.1) is 18.5 Å². The number of ether oxygens (including phenoxy) is 1. The molecule has 2 unspecified atom stereocenters. The molecule has 1 amide bonds. The highest BCUT2D eigenvalue weighted by molar-refractivity contribution is 7.28. The average molecular weight is 461 g/mol. The highest BCUT2D eigenvalue weighted by atomic mass is 31.0. The molecule has 0 N–H and O–H groups in total. The van der Waals surface area contributed by atoms with Crippen LogP contribution in [0.4, 0.5) is 18.9 Å². The zero-order valence-electron chi connectivity index (χ0n) is 16.9. The van der Waals surface area contributed by atoms with Gasteiger partial charge in [-0.1, -0.05) is 30.3 Å². The van der Waals surface area contributed by atoms with Gasteiger partial charge < -0.3 is 9.64 Å². The van der Waals surface area contributed by atoms with E-state index in [2.05, 4.69) is 18.5 Å². The number of halogens is 3. The van der Waals surface area contributed by atoms with Gasteiger partial charge in [-0.25, -0.2) is 13.2 Å². The number of fused-ring (bicyclic) bond motifs is 1. The maximum atomic E-state index is 15.1. The van der Waals surface area contributed by atoms with Gasteiger partial charge in [0.1, 0.15) is 23.2 Å². The number of carbonyl (C=O) groups excluding carboxylic acids is 1. The van der Waals surface area contributed by atoms with Crippen LogP contribution in [-0.4, -0.2) is 11.5 Å². The molecule has 3 aromatic carbocycles. The summed E-state index contributed by atoms with van der Waals surface area (Å²) in [6.07, 6.45) is 0. The minimum atomic E-state index is -1.21. The summed E-state index contributed by atoms with van der Waals surface area (Å²) in [6.45, 7) is 3.43. The third kappa shape index (κ3) is 3.84. The van der Waals surface area contributed by atoms with Gasteiger partial charge in [-0.3, -0.25) is 4.79 Å². The number of anilines is 1. The molecule has 0 radical (unpaired) electrons. The van der Waals surface area contributed by atoms with Crippen molar-refractivity contribution in [3.8, 4) is 16.9 Å². The Bertz CT molecular complexity index is 1170. The largest absolute Gasteiger partial charge is 0.476 e. The second-order valence-corrected chi connectivity index (χ2v) is 9.04. The van der Waals surface area contributed by atoms with Gasteiger partial charge in [0.05, 0.1) is 12.2 Å². The second-order valence-electron chi connectivity index (χ2n) is 7.84. The molecule has 3 aromatic rings. The Morgan fingerprint density at radius 2 is 1.68 bits per heavy atom. The minimum absolute atomic E-state index is 0.0228. The fourth-order valence-corrected chi connectivity index (χ4v) is 4.28. The first-order valence-corrected chi connectivity index (χ1v) is 10.7. The summed E-state index contributed by atoms with van der Waals surface area (Å²) in [4.78, 5) is 14.6. The second kappa shape index (κ2) is 7.93. The number of hydrogen-bond acceptors (Lipinski definition) is 2. The molecule has 1 aliphatic heterocycles. The van der Waals surface area contributed by atoms with Gasteiger partial charge in [-0.05, 0) is 31.5 Å². The molecule has 0 spiro atoms. The molecule has 8 heteroatoms. The summed E-state index contributed by atoms with van der Waals surface area (Å²) in [5, 5.41) is -0.119. The van der Waals surface area contributed by atoms with Crippen LogP contribution >= 0.6 is 18.5 Å². The average Bonchev–Trinajstić information content (AvgIpc) is 2.71. The van der Waals surface area contributed by atoms with Crippen LogP contribution in [0.5, 0.6) is 5.75 Å². The van der Waals surface area contributed by atoms with Crippen LogP contribution in [0.2, 0.25) is 0 Å². The fourth-order valence-electron chi connectivity index (χ4n) is 3.63. The molecule has 0 saturated carbocycles. The van der Waals surface area contributed by atoms with E-state index in [0.717, 1.165) is 17.7 Å². The van der Waals surface area contributed by atoms with Gasteiger partial charge >= 0.3 is 0 Å². The number of carbonyl (C=O) groups is 1. The van der Waals surface area contributed by atoms with Gasteiger partial charge in [-0.2, -0.15) is 0 Å². The molecule has 31 heavy (non-hydrogen) atoms. The van der Waals surface area contributed by atoms with Gasteiger partial charge in [0.15, 0.2) is 5.60 Å². The summed E-state index contributed by atoms with van der Waals surface area (Å²) in [6, 6.07) is 12.8. The lowest BCUT2D eigenvalue weighted by atomic mass is 9.98. The maximum absolute atomic E-state index is 15.1. The van der Waals surface area contributed by atoms with Crippen molar-refractivity contribution in [2.45, 2.75) is 26.0 Å². The minimum Gasteiger partial charge on any atom is -0.476 e. The number of rotatable bonds is 3. The van der Waals surface area contributed by atoms with Gasteiger partial charge in [0.2, 0.25) is 0 Å². The zero-order chi connectivity index (χ0) is 22.5. The van der Waals surface area contributed by atoms with Crippen LogP contribution in [0.1, 0.15) is 19.4 Å². The van der Waals surface area contributed by atoms with Gasteiger partial charge in [0, 0.05) is 27.8 Å². The number of hydrogen-bond donors (Lipinski definition) is 0. The quantitative estimate of drug-likeness (QED) is 0.539. The SMILES string of the molecule is CC1(C)Oc2cc(F)c(-c3c(F)c(P)cc(F)c3P)cc2N(Cc2ccccc2)C1=O. The summed E-state index contributed by atoms with van der Waals surface area (Å²) < 4.78 is 50.1. The summed E-state index contributed by atoms with van der Waals surface area (Å²) in [7, 11) is 4.23. The smallest absolute Gasteiger partial charge is 0.271 e. The van der Waals surface area contributed by atoms with E-state index in [9.17, 15) is 13.6 Å². The normalized spacial score (nSPS) is 14.9. The van der Waals surface area contributed by atoms with Crippen LogP contribution < -0.4 is 20.2 Å². The van der Waals surface area contributed by atoms with Crippen molar-refractivity contribution in [1.29, 1.82) is 0 Å². The van der Waals surface area contributed by atoms with E-state index in [1.165, 1.54) is 11.0 Å². The van der Waals surface area contributed by atoms with E-state index < -0.39 is 23.1 Å². The molecule has 0 aromatic heterocycles. The number of nitrogens with zero attached hydrogens (tertiary/aromatic N) is 1. The zero-order valence-corrected chi connectivity index (χ0v) is 19.2. The van der Waals surface area contributed by atoms with Crippen molar-refractivity contribution in [2.75, 3.05) is 4.90 Å². The molecule has 0 saturated heterocycles. The van der Waals surface area contributed by atoms with Crippen LogP contribution in [0, 0.1) is 17.5 Å². The van der Waals surface area contributed by atoms with Crippen molar-refractivity contribution >= 4 is 40.7 Å². The third-order valence-corrected chi connectivity index (χ3v) is 6.18. The molecule has 0 aliphatic carbocycles. The van der Waals surface area contributed by atoms with Crippen molar-refractivity contribution in [2.24, 2.45) is 0 Å². The molecule has 2 atom stereocenters. The van der Waals surface area contributed by atoms with E-state index in [4.69, 9.17) is 4.74 Å². The lowest BCUT2D eigenvalue weighted by molar-refractivity contribution is -0.132. The first kappa shape index (κ1) is 21.8. The Morgan fingerprint density at radius 1 is 1.00 bits per heavy atom. The van der Waals surface area contributed by atoms with Crippen LogP contribution in [0.15, 0.2) is 48.5 Å². The van der Waals surface area contributed by atoms with E-state index >= 15 is 4.39 Å². The summed E-state index contributed by atoms with van der Waals surface area (Å²) in [5.74, 6) is -2.37. The molecule has 160 valence electrons. The Balaban J connectivity index is 1.92. The lowest BCUT2D eigenvalue weighted by Gasteiger charge is -2.39. The predicted octanol–water partition coefficient (Wildman–Crippen LogP) is 4.48.